The number of hydrogen-bond donors (Lipinski definition) is 2. The topological polar surface area (TPSA) is 73.7 Å². The summed E-state index contributed by atoms with van der Waals surface area (Å²) in [6.45, 7) is 6.77. The first kappa shape index (κ1) is 15.0. The van der Waals surface area contributed by atoms with Crippen molar-refractivity contribution in [3.05, 3.63) is 33.9 Å². The van der Waals surface area contributed by atoms with Crippen molar-refractivity contribution in [2.75, 3.05) is 0 Å². The van der Waals surface area contributed by atoms with Gasteiger partial charge in [-0.15, -0.1) is 0 Å². The number of hydrogen-bond acceptors (Lipinski definition) is 4. The van der Waals surface area contributed by atoms with E-state index in [1.807, 2.05) is 43.4 Å². The number of nitrogens with two attached hydrogens (primary N) is 1. The molecule has 0 bridgehead atoms. The minimum atomic E-state index is -0.0393. The van der Waals surface area contributed by atoms with E-state index in [0.717, 1.165) is 29.2 Å². The lowest BCUT2D eigenvalue weighted by molar-refractivity contribution is 0.514. The van der Waals surface area contributed by atoms with Crippen molar-refractivity contribution in [3.63, 3.8) is 0 Å². The molecule has 7 heteroatoms. The van der Waals surface area contributed by atoms with Crippen LogP contribution >= 0.6 is 11.6 Å². The van der Waals surface area contributed by atoms with Crippen molar-refractivity contribution >= 4 is 11.6 Å². The summed E-state index contributed by atoms with van der Waals surface area (Å²) in [5, 5.41) is 9.41. The van der Waals surface area contributed by atoms with Gasteiger partial charge in [0, 0.05) is 31.3 Å². The lowest BCUT2D eigenvalue weighted by atomic mass is 10.0. The average Bonchev–Trinajstić information content (AvgIpc) is 2.90. The summed E-state index contributed by atoms with van der Waals surface area (Å²) in [5.41, 5.74) is 6.87. The van der Waals surface area contributed by atoms with E-state index in [-0.39, 0.29) is 6.04 Å². The maximum absolute atomic E-state index is 6.35. The zero-order valence-corrected chi connectivity index (χ0v) is 13.1. The fourth-order valence-corrected chi connectivity index (χ4v) is 2.59. The van der Waals surface area contributed by atoms with Crippen molar-refractivity contribution in [1.82, 2.24) is 25.0 Å². The van der Waals surface area contributed by atoms with Crippen LogP contribution in [0.3, 0.4) is 0 Å². The van der Waals surface area contributed by atoms with Gasteiger partial charge in [0.15, 0.2) is 0 Å². The summed E-state index contributed by atoms with van der Waals surface area (Å²) in [6.07, 6.45) is 2.52. The van der Waals surface area contributed by atoms with Crippen LogP contribution in [0.5, 0.6) is 0 Å². The molecule has 2 aromatic rings. The molecule has 0 fully saturated rings. The molecule has 2 aromatic heterocycles. The zero-order chi connectivity index (χ0) is 14.9. The highest BCUT2D eigenvalue weighted by molar-refractivity contribution is 6.31. The molecule has 1 atom stereocenters. The number of nitrogens with zero attached hydrogens (tertiary/aromatic N) is 4. The van der Waals surface area contributed by atoms with Gasteiger partial charge >= 0.3 is 0 Å². The quantitative estimate of drug-likeness (QED) is 0.650. The molecule has 110 valence electrons. The fraction of sp³-hybridized carbons (Fsp3) is 0.538. The molecule has 0 aliphatic rings. The standard InChI is InChI=1S/C13H21ClN6/c1-5-20-12(13(14)8(2)18-20)6-11(17-15)10-7-16-19(4)9(10)3/h7,11,17H,5-6,15H2,1-4H3. The molecule has 0 amide bonds. The molecule has 1 unspecified atom stereocenters. The van der Waals surface area contributed by atoms with Crippen LogP contribution in [0.15, 0.2) is 6.20 Å². The second-order valence-electron chi connectivity index (χ2n) is 4.89. The van der Waals surface area contributed by atoms with E-state index in [9.17, 15) is 0 Å². The summed E-state index contributed by atoms with van der Waals surface area (Å²) in [4.78, 5) is 0. The Hall–Kier alpha value is -1.37. The highest BCUT2D eigenvalue weighted by Crippen LogP contribution is 2.27. The largest absolute Gasteiger partial charge is 0.273 e. The van der Waals surface area contributed by atoms with Crippen LogP contribution in [-0.4, -0.2) is 19.6 Å². The first-order chi connectivity index (χ1) is 9.49. The van der Waals surface area contributed by atoms with E-state index in [4.69, 9.17) is 17.4 Å². The van der Waals surface area contributed by atoms with Gasteiger partial charge in [-0.3, -0.25) is 20.6 Å². The predicted molar refractivity (Wildman–Crippen MR) is 79.4 cm³/mol. The number of rotatable bonds is 5. The summed E-state index contributed by atoms with van der Waals surface area (Å²) in [5.74, 6) is 5.72. The Balaban J connectivity index is 2.34. The lowest BCUT2D eigenvalue weighted by Gasteiger charge is -2.16. The third-order valence-corrected chi connectivity index (χ3v) is 4.19. The fourth-order valence-electron chi connectivity index (χ4n) is 2.37. The lowest BCUT2D eigenvalue weighted by Crippen LogP contribution is -2.30. The molecular formula is C13H21ClN6. The number of hydrazine groups is 1. The van der Waals surface area contributed by atoms with Gasteiger partial charge < -0.3 is 0 Å². The Kier molecular flexibility index (Phi) is 4.47. The van der Waals surface area contributed by atoms with Crippen molar-refractivity contribution in [2.45, 2.75) is 39.8 Å². The van der Waals surface area contributed by atoms with Crippen LogP contribution in [0, 0.1) is 13.8 Å². The maximum atomic E-state index is 6.35. The van der Waals surface area contributed by atoms with Crippen LogP contribution < -0.4 is 11.3 Å². The number of halogens is 1. The Bertz CT molecular complexity index is 600. The summed E-state index contributed by atoms with van der Waals surface area (Å²) < 4.78 is 3.76. The Morgan fingerprint density at radius 2 is 2.15 bits per heavy atom. The van der Waals surface area contributed by atoms with E-state index in [1.165, 1.54) is 0 Å². The average molecular weight is 297 g/mol. The molecule has 3 N–H and O–H groups in total. The Morgan fingerprint density at radius 1 is 1.45 bits per heavy atom. The van der Waals surface area contributed by atoms with Crippen LogP contribution in [0.25, 0.3) is 0 Å². The van der Waals surface area contributed by atoms with Crippen molar-refractivity contribution in [1.29, 1.82) is 0 Å². The molecule has 20 heavy (non-hydrogen) atoms. The minimum absolute atomic E-state index is 0.0393. The SMILES string of the molecule is CCn1nc(C)c(Cl)c1CC(NN)c1cnn(C)c1C. The predicted octanol–water partition coefficient (Wildman–Crippen LogP) is 1.65. The molecule has 0 aliphatic heterocycles. The third kappa shape index (κ3) is 2.59. The highest BCUT2D eigenvalue weighted by atomic mass is 35.5. The first-order valence-corrected chi connectivity index (χ1v) is 7.03. The van der Waals surface area contributed by atoms with Crippen LogP contribution in [-0.2, 0) is 20.0 Å². The highest BCUT2D eigenvalue weighted by Gasteiger charge is 2.21. The molecule has 0 saturated carbocycles. The molecule has 0 saturated heterocycles. The van der Waals surface area contributed by atoms with Crippen LogP contribution in [0.2, 0.25) is 5.02 Å². The number of aryl methyl sites for hydroxylation is 3. The Morgan fingerprint density at radius 3 is 2.65 bits per heavy atom. The van der Waals surface area contributed by atoms with E-state index < -0.39 is 0 Å². The molecule has 0 radical (unpaired) electrons. The second-order valence-corrected chi connectivity index (χ2v) is 5.27. The van der Waals surface area contributed by atoms with E-state index in [1.54, 1.807) is 0 Å². The van der Waals surface area contributed by atoms with E-state index >= 15 is 0 Å². The van der Waals surface area contributed by atoms with Gasteiger partial charge in [0.25, 0.3) is 0 Å². The molecule has 0 spiro atoms. The Labute approximate surface area is 123 Å². The third-order valence-electron chi connectivity index (χ3n) is 3.70. The molecule has 0 aliphatic carbocycles. The molecule has 2 heterocycles. The zero-order valence-electron chi connectivity index (χ0n) is 12.3. The smallest absolute Gasteiger partial charge is 0.0847 e. The van der Waals surface area contributed by atoms with Gasteiger partial charge in [0.2, 0.25) is 0 Å². The molecule has 6 nitrogen and oxygen atoms in total. The number of aromatic nitrogens is 4. The summed E-state index contributed by atoms with van der Waals surface area (Å²) in [7, 11) is 1.92. The summed E-state index contributed by atoms with van der Waals surface area (Å²) >= 11 is 6.35. The van der Waals surface area contributed by atoms with E-state index in [0.29, 0.717) is 11.4 Å². The van der Waals surface area contributed by atoms with E-state index in [2.05, 4.69) is 15.6 Å². The second kappa shape index (κ2) is 5.95. The monoisotopic (exact) mass is 296 g/mol. The van der Waals surface area contributed by atoms with Crippen LogP contribution in [0.1, 0.15) is 35.6 Å². The molecule has 2 rings (SSSR count). The van der Waals surface area contributed by atoms with Gasteiger partial charge in [0.1, 0.15) is 0 Å². The molecular weight excluding hydrogens is 276 g/mol. The minimum Gasteiger partial charge on any atom is -0.273 e. The van der Waals surface area contributed by atoms with Crippen molar-refractivity contribution in [2.24, 2.45) is 12.9 Å². The normalized spacial score (nSPS) is 12.9. The number of nitrogens with one attached hydrogen (secondary N) is 1. The van der Waals surface area contributed by atoms with Crippen LogP contribution in [0.4, 0.5) is 0 Å². The van der Waals surface area contributed by atoms with Crippen molar-refractivity contribution in [3.8, 4) is 0 Å². The van der Waals surface area contributed by atoms with Crippen molar-refractivity contribution < 1.29 is 0 Å². The van der Waals surface area contributed by atoms with Gasteiger partial charge in [-0.1, -0.05) is 11.6 Å². The van der Waals surface area contributed by atoms with Gasteiger partial charge in [-0.25, -0.2) is 0 Å². The summed E-state index contributed by atoms with van der Waals surface area (Å²) in [6, 6.07) is -0.0393. The molecule has 0 aromatic carbocycles. The van der Waals surface area contributed by atoms with Gasteiger partial charge in [-0.05, 0) is 20.8 Å². The first-order valence-electron chi connectivity index (χ1n) is 6.66. The van der Waals surface area contributed by atoms with Gasteiger partial charge in [0.05, 0.1) is 28.6 Å². The maximum Gasteiger partial charge on any atom is 0.0847 e. The van der Waals surface area contributed by atoms with Gasteiger partial charge in [-0.2, -0.15) is 10.2 Å².